The number of likely N-dealkylation sites (tertiary alicyclic amines) is 2. The van der Waals surface area contributed by atoms with Gasteiger partial charge in [-0.2, -0.15) is 26.3 Å². The third kappa shape index (κ3) is 6.31. The highest BCUT2D eigenvalue weighted by Crippen LogP contribution is 2.54. The molecule has 1 unspecified atom stereocenters. The number of amides is 5. The molecule has 1 atom stereocenters. The molecule has 20 heteroatoms. The van der Waals surface area contributed by atoms with Gasteiger partial charge < -0.3 is 19.9 Å². The number of nitrogens with zero attached hydrogens (tertiary/aromatic N) is 2. The van der Waals surface area contributed by atoms with E-state index in [9.17, 15) is 62.3 Å². The normalized spacial score (nSPS) is 20.7. The predicted molar refractivity (Wildman–Crippen MR) is 168 cm³/mol. The molecule has 0 bridgehead atoms. The lowest BCUT2D eigenvalue weighted by molar-refractivity contribution is -0.392. The first-order valence-electron chi connectivity index (χ1n) is 16.2. The fraction of sp³-hybridized carbons (Fsp3) is 0.382. The van der Waals surface area contributed by atoms with Gasteiger partial charge in [0, 0.05) is 37.3 Å². The Hall–Kier alpha value is -4.85. The number of carbonyl (C=O) groups excluding carboxylic acids is 3. The summed E-state index contributed by atoms with van der Waals surface area (Å²) in [7, 11) is -4.70. The first kappa shape index (κ1) is 38.9. The zero-order chi connectivity index (χ0) is 39.5. The van der Waals surface area contributed by atoms with E-state index in [1.165, 1.54) is 4.90 Å². The van der Waals surface area contributed by atoms with Crippen LogP contribution in [0.3, 0.4) is 0 Å². The molecule has 6 rings (SSSR count). The highest BCUT2D eigenvalue weighted by atomic mass is 32.2. The Bertz CT molecular complexity index is 2040. The Labute approximate surface area is 301 Å². The van der Waals surface area contributed by atoms with E-state index in [0.29, 0.717) is 36.4 Å². The number of halogens is 9. The quantitative estimate of drug-likeness (QED) is 0.177. The molecule has 3 heterocycles. The summed E-state index contributed by atoms with van der Waals surface area (Å²) in [4.78, 5) is 39.8. The number of benzene rings is 3. The molecule has 0 saturated carbocycles. The van der Waals surface area contributed by atoms with E-state index in [1.54, 1.807) is 0 Å². The zero-order valence-corrected chi connectivity index (χ0v) is 28.5. The highest BCUT2D eigenvalue weighted by Gasteiger charge is 2.73. The van der Waals surface area contributed by atoms with Crippen LogP contribution in [-0.4, -0.2) is 80.3 Å². The molecule has 290 valence electrons. The Morgan fingerprint density at radius 1 is 0.778 bits per heavy atom. The van der Waals surface area contributed by atoms with Crippen molar-refractivity contribution in [3.05, 3.63) is 101 Å². The molecule has 3 aromatic rings. The second-order valence-electron chi connectivity index (χ2n) is 13.1. The van der Waals surface area contributed by atoms with E-state index in [1.807, 2.05) is 0 Å². The van der Waals surface area contributed by atoms with Crippen molar-refractivity contribution in [3.8, 4) is 0 Å². The number of rotatable bonds is 7. The number of alkyl halides is 6. The van der Waals surface area contributed by atoms with Gasteiger partial charge >= 0.3 is 24.4 Å². The third-order valence-corrected chi connectivity index (χ3v) is 12.6. The van der Waals surface area contributed by atoms with Gasteiger partial charge in [0.1, 0.15) is 27.7 Å². The van der Waals surface area contributed by atoms with E-state index in [-0.39, 0.29) is 38.0 Å². The highest BCUT2D eigenvalue weighted by molar-refractivity contribution is 7.92. The molecule has 2 N–H and O–H groups in total. The summed E-state index contributed by atoms with van der Waals surface area (Å²) in [6, 6.07) is 6.28. The largest absolute Gasteiger partial charge is 0.430 e. The number of hydrogen-bond donors (Lipinski definition) is 2. The van der Waals surface area contributed by atoms with E-state index in [0.717, 1.165) is 35.2 Å². The molecule has 5 amide bonds. The number of hydrogen-bond acceptors (Lipinski definition) is 6. The first-order valence-corrected chi connectivity index (χ1v) is 17.6. The standard InChI is InChI=1S/C34H29F9N4O6S/c35-22-8-10-23(11-9-22)54(51,52)31(14-17-47(19-31)29(50)46-15-12-30(13-16-46)27(48)44-28(49)45-30)20-4-6-21(7-5-20)32(33(38,39)40,34(41,42)43)53-18-24-25(36)2-1-3-26(24)37/h1-11H,12-19H2,(H2,44,45,48,49). The molecule has 3 aliphatic heterocycles. The maximum absolute atomic E-state index is 14.6. The minimum absolute atomic E-state index is 0.0242. The van der Waals surface area contributed by atoms with Crippen molar-refractivity contribution < 1.29 is 67.1 Å². The lowest BCUT2D eigenvalue weighted by Gasteiger charge is -2.39. The van der Waals surface area contributed by atoms with Crippen molar-refractivity contribution in [2.45, 2.75) is 59.0 Å². The van der Waals surface area contributed by atoms with Crippen LogP contribution in [0.5, 0.6) is 0 Å². The van der Waals surface area contributed by atoms with Gasteiger partial charge in [0.05, 0.1) is 11.5 Å². The number of imide groups is 1. The summed E-state index contributed by atoms with van der Waals surface area (Å²) in [5.41, 5.74) is -9.51. The minimum atomic E-state index is -6.27. The molecule has 10 nitrogen and oxygen atoms in total. The van der Waals surface area contributed by atoms with Crippen molar-refractivity contribution in [3.63, 3.8) is 0 Å². The van der Waals surface area contributed by atoms with Gasteiger partial charge in [-0.1, -0.05) is 30.3 Å². The molecule has 3 aliphatic rings. The second-order valence-corrected chi connectivity index (χ2v) is 15.4. The van der Waals surface area contributed by atoms with Crippen molar-refractivity contribution in [1.29, 1.82) is 0 Å². The van der Waals surface area contributed by atoms with Gasteiger partial charge in [-0.15, -0.1) is 0 Å². The topological polar surface area (TPSA) is 125 Å². The average Bonchev–Trinajstić information content (AvgIpc) is 3.67. The fourth-order valence-corrected chi connectivity index (χ4v) is 9.23. The molecule has 54 heavy (non-hydrogen) atoms. The van der Waals surface area contributed by atoms with Crippen LogP contribution in [0, 0.1) is 17.5 Å². The van der Waals surface area contributed by atoms with Crippen LogP contribution < -0.4 is 10.6 Å². The Kier molecular flexibility index (Phi) is 9.69. The Morgan fingerprint density at radius 2 is 1.33 bits per heavy atom. The summed E-state index contributed by atoms with van der Waals surface area (Å²) >= 11 is 0. The van der Waals surface area contributed by atoms with Crippen LogP contribution in [0.2, 0.25) is 0 Å². The number of ether oxygens (including phenoxy) is 1. The lowest BCUT2D eigenvalue weighted by Crippen LogP contribution is -2.57. The summed E-state index contributed by atoms with van der Waals surface area (Å²) < 4.78 is 161. The zero-order valence-electron chi connectivity index (χ0n) is 27.7. The van der Waals surface area contributed by atoms with E-state index in [4.69, 9.17) is 0 Å². The minimum Gasteiger partial charge on any atom is -0.349 e. The molecule has 3 aromatic carbocycles. The number of nitrogens with one attached hydrogen (secondary N) is 2. The Balaban J connectivity index is 1.37. The molecular formula is C34H29F9N4O6S. The maximum atomic E-state index is 14.6. The van der Waals surface area contributed by atoms with Crippen LogP contribution in [0.15, 0.2) is 71.6 Å². The van der Waals surface area contributed by atoms with Crippen molar-refractivity contribution >= 4 is 27.8 Å². The summed E-state index contributed by atoms with van der Waals surface area (Å²) in [5, 5.41) is 4.67. The van der Waals surface area contributed by atoms with Crippen molar-refractivity contribution in [2.75, 3.05) is 26.2 Å². The summed E-state index contributed by atoms with van der Waals surface area (Å²) in [6.45, 7) is -2.77. The number of urea groups is 2. The molecule has 1 spiro atoms. The number of sulfone groups is 1. The van der Waals surface area contributed by atoms with E-state index >= 15 is 0 Å². The molecule has 0 aromatic heterocycles. The van der Waals surface area contributed by atoms with E-state index in [2.05, 4.69) is 15.4 Å². The van der Waals surface area contributed by atoms with Gasteiger partial charge in [0.25, 0.3) is 11.5 Å². The van der Waals surface area contributed by atoms with Gasteiger partial charge in [-0.05, 0) is 61.2 Å². The fourth-order valence-electron chi connectivity index (χ4n) is 7.15. The van der Waals surface area contributed by atoms with Gasteiger partial charge in [-0.3, -0.25) is 10.1 Å². The molecule has 3 saturated heterocycles. The SMILES string of the molecule is O=C1NC(=O)C2(CCN(C(=O)N3CCC(c4ccc(C(OCc5c(F)cccc5F)(C(F)(F)F)C(F)(F)F)cc4)(S(=O)(=O)c4ccc(F)cc4)C3)CC2)N1. The van der Waals surface area contributed by atoms with Crippen LogP contribution in [0.25, 0.3) is 0 Å². The van der Waals surface area contributed by atoms with Crippen molar-refractivity contribution in [1.82, 2.24) is 20.4 Å². The average molecular weight is 793 g/mol. The molecular weight excluding hydrogens is 763 g/mol. The van der Waals surface area contributed by atoms with Gasteiger partial charge in [0.2, 0.25) is 0 Å². The van der Waals surface area contributed by atoms with Gasteiger partial charge in [0.15, 0.2) is 9.84 Å². The van der Waals surface area contributed by atoms with Crippen LogP contribution in [0.4, 0.5) is 49.1 Å². The van der Waals surface area contributed by atoms with Crippen molar-refractivity contribution in [2.24, 2.45) is 0 Å². The monoisotopic (exact) mass is 792 g/mol. The second kappa shape index (κ2) is 13.5. The first-order chi connectivity index (χ1) is 25.2. The number of carbonyl (C=O) groups is 3. The maximum Gasteiger partial charge on any atom is 0.430 e. The predicted octanol–water partition coefficient (Wildman–Crippen LogP) is 5.81. The Morgan fingerprint density at radius 3 is 1.85 bits per heavy atom. The molecule has 3 fully saturated rings. The smallest absolute Gasteiger partial charge is 0.349 e. The lowest BCUT2D eigenvalue weighted by atomic mass is 9.88. The third-order valence-electron chi connectivity index (χ3n) is 10.2. The van der Waals surface area contributed by atoms with Crippen LogP contribution >= 0.6 is 0 Å². The molecule has 0 radical (unpaired) electrons. The van der Waals surface area contributed by atoms with Gasteiger partial charge in [-0.25, -0.2) is 31.2 Å². The van der Waals surface area contributed by atoms with Crippen LogP contribution in [-0.2, 0) is 36.3 Å². The van der Waals surface area contributed by atoms with Crippen LogP contribution in [0.1, 0.15) is 36.0 Å². The summed E-state index contributed by atoms with van der Waals surface area (Å²) in [6.07, 6.45) is -12.9. The number of piperidine rings is 1. The van der Waals surface area contributed by atoms with E-state index < -0.39 is 109 Å². The molecule has 0 aliphatic carbocycles. The summed E-state index contributed by atoms with van der Waals surface area (Å²) in [5.74, 6) is -4.30.